The van der Waals surface area contributed by atoms with Gasteiger partial charge in [-0.15, -0.1) is 0 Å². The van der Waals surface area contributed by atoms with E-state index in [1.54, 1.807) is 24.3 Å². The van der Waals surface area contributed by atoms with Crippen molar-refractivity contribution in [3.8, 4) is 0 Å². The summed E-state index contributed by atoms with van der Waals surface area (Å²) in [6.45, 7) is 0. The van der Waals surface area contributed by atoms with Crippen molar-refractivity contribution in [1.29, 1.82) is 0 Å². The van der Waals surface area contributed by atoms with Crippen molar-refractivity contribution in [2.24, 2.45) is 0 Å². The highest BCUT2D eigenvalue weighted by atomic mass is 32.2. The van der Waals surface area contributed by atoms with Crippen LogP contribution in [-0.4, -0.2) is 21.3 Å². The zero-order valence-electron chi connectivity index (χ0n) is 12.2. The van der Waals surface area contributed by atoms with E-state index in [4.69, 9.17) is 12.2 Å². The van der Waals surface area contributed by atoms with Gasteiger partial charge in [-0.25, -0.2) is 4.79 Å². The molecule has 2 aromatic rings. The highest BCUT2D eigenvalue weighted by molar-refractivity contribution is 8.26. The molecule has 2 N–H and O–H groups in total. The van der Waals surface area contributed by atoms with Crippen LogP contribution in [-0.2, 0) is 4.79 Å². The Morgan fingerprint density at radius 3 is 2.50 bits per heavy atom. The van der Waals surface area contributed by atoms with Gasteiger partial charge < -0.3 is 10.4 Å². The van der Waals surface area contributed by atoms with Crippen molar-refractivity contribution < 1.29 is 14.7 Å². The van der Waals surface area contributed by atoms with E-state index < -0.39 is 5.97 Å². The number of nitrogens with one attached hydrogen (secondary N) is 1. The zero-order valence-corrected chi connectivity index (χ0v) is 14.6. The number of thiocarbonyl (C=S) groups is 1. The van der Waals surface area contributed by atoms with E-state index in [1.165, 1.54) is 23.5 Å². The minimum absolute atomic E-state index is 0.182. The van der Waals surface area contributed by atoms with Gasteiger partial charge >= 0.3 is 5.97 Å². The standard InChI is InChI=1S/C17H11NO3S3/c19-15-14(24-17(22)18-15)9-10-5-7-11(8-6-10)23-13-4-2-1-3-12(13)16(20)21/h1-9H,(H,20,21)(H,18,19,22). The Kier molecular flexibility index (Phi) is 5.03. The van der Waals surface area contributed by atoms with Crippen LogP contribution in [0, 0.1) is 0 Å². The van der Waals surface area contributed by atoms with Crippen molar-refractivity contribution in [2.45, 2.75) is 9.79 Å². The summed E-state index contributed by atoms with van der Waals surface area (Å²) < 4.78 is 0.462. The molecular formula is C17H11NO3S3. The van der Waals surface area contributed by atoms with Crippen molar-refractivity contribution in [3.05, 3.63) is 64.6 Å². The first-order valence-corrected chi connectivity index (χ1v) is 8.92. The summed E-state index contributed by atoms with van der Waals surface area (Å²) in [6.07, 6.45) is 1.78. The third-order valence-corrected chi connectivity index (χ3v) is 5.41. The molecule has 24 heavy (non-hydrogen) atoms. The summed E-state index contributed by atoms with van der Waals surface area (Å²) in [5.74, 6) is -1.13. The number of hydrogen-bond donors (Lipinski definition) is 2. The van der Waals surface area contributed by atoms with Gasteiger partial charge in [0.05, 0.1) is 10.5 Å². The number of carboxylic acids is 1. The Morgan fingerprint density at radius 1 is 1.17 bits per heavy atom. The average molecular weight is 373 g/mol. The second-order valence-electron chi connectivity index (χ2n) is 4.82. The first kappa shape index (κ1) is 16.8. The molecule has 1 amide bonds. The maximum atomic E-state index is 11.7. The lowest BCUT2D eigenvalue weighted by molar-refractivity contribution is -0.115. The molecule has 0 bridgehead atoms. The predicted molar refractivity (Wildman–Crippen MR) is 100 cm³/mol. The highest BCUT2D eigenvalue weighted by Gasteiger charge is 2.21. The van der Waals surface area contributed by atoms with Crippen molar-refractivity contribution in [2.75, 3.05) is 0 Å². The van der Waals surface area contributed by atoms with E-state index in [-0.39, 0.29) is 11.5 Å². The fourth-order valence-corrected chi connectivity index (χ4v) is 4.05. The molecule has 0 spiro atoms. The minimum Gasteiger partial charge on any atom is -0.478 e. The SMILES string of the molecule is O=C1NC(=S)SC1=Cc1ccc(Sc2ccccc2C(=O)O)cc1. The average Bonchev–Trinajstić information content (AvgIpc) is 2.87. The van der Waals surface area contributed by atoms with Gasteiger partial charge in [-0.3, -0.25) is 4.79 Å². The van der Waals surface area contributed by atoms with E-state index >= 15 is 0 Å². The van der Waals surface area contributed by atoms with Crippen LogP contribution in [0.25, 0.3) is 6.08 Å². The van der Waals surface area contributed by atoms with E-state index in [9.17, 15) is 14.7 Å². The molecule has 1 aliphatic rings. The maximum absolute atomic E-state index is 11.7. The number of carbonyl (C=O) groups excluding carboxylic acids is 1. The molecule has 1 heterocycles. The number of aromatic carboxylic acids is 1. The Labute approximate surface area is 152 Å². The van der Waals surface area contributed by atoms with Crippen molar-refractivity contribution in [1.82, 2.24) is 5.32 Å². The number of amides is 1. The molecule has 1 fully saturated rings. The first-order chi connectivity index (χ1) is 11.5. The minimum atomic E-state index is -0.945. The van der Waals surface area contributed by atoms with Gasteiger partial charge in [0.2, 0.25) is 0 Å². The monoisotopic (exact) mass is 373 g/mol. The Balaban J connectivity index is 1.79. The number of thioether (sulfide) groups is 1. The molecule has 1 saturated heterocycles. The van der Waals surface area contributed by atoms with Crippen LogP contribution >= 0.6 is 35.7 Å². The van der Waals surface area contributed by atoms with Crippen LogP contribution in [0.4, 0.5) is 0 Å². The van der Waals surface area contributed by atoms with E-state index in [1.807, 2.05) is 30.3 Å². The smallest absolute Gasteiger partial charge is 0.336 e. The second-order valence-corrected chi connectivity index (χ2v) is 7.66. The maximum Gasteiger partial charge on any atom is 0.336 e. The summed E-state index contributed by atoms with van der Waals surface area (Å²) in [7, 11) is 0. The third-order valence-electron chi connectivity index (χ3n) is 3.17. The van der Waals surface area contributed by atoms with Gasteiger partial charge in [-0.2, -0.15) is 0 Å². The van der Waals surface area contributed by atoms with Gasteiger partial charge in [-0.05, 0) is 35.9 Å². The zero-order chi connectivity index (χ0) is 17.1. The number of rotatable bonds is 4. The molecule has 0 atom stereocenters. The number of hydrogen-bond acceptors (Lipinski definition) is 5. The Hall–Kier alpha value is -2.09. The summed E-state index contributed by atoms with van der Waals surface area (Å²) in [4.78, 5) is 25.1. The molecule has 120 valence electrons. The molecule has 0 aromatic heterocycles. The van der Waals surface area contributed by atoms with Gasteiger partial charge in [-0.1, -0.05) is 60.0 Å². The summed E-state index contributed by atoms with van der Waals surface area (Å²) in [6, 6.07) is 14.4. The fourth-order valence-electron chi connectivity index (χ4n) is 2.06. The lowest BCUT2D eigenvalue weighted by Gasteiger charge is -2.06. The molecule has 1 aliphatic heterocycles. The summed E-state index contributed by atoms with van der Waals surface area (Å²) in [5.41, 5.74) is 1.16. The molecule has 0 radical (unpaired) electrons. The van der Waals surface area contributed by atoms with Crippen LogP contribution in [0.15, 0.2) is 63.2 Å². The third kappa shape index (κ3) is 3.87. The Bertz CT molecular complexity index is 860. The van der Waals surface area contributed by atoms with Gasteiger partial charge in [0.25, 0.3) is 5.91 Å². The van der Waals surface area contributed by atoms with Crippen LogP contribution in [0.1, 0.15) is 15.9 Å². The topological polar surface area (TPSA) is 66.4 Å². The normalized spacial score (nSPS) is 15.6. The predicted octanol–water partition coefficient (Wildman–Crippen LogP) is 4.02. The first-order valence-electron chi connectivity index (χ1n) is 6.88. The largest absolute Gasteiger partial charge is 0.478 e. The van der Waals surface area contributed by atoms with E-state index in [2.05, 4.69) is 5.32 Å². The fraction of sp³-hybridized carbons (Fsp3) is 0. The number of carbonyl (C=O) groups is 2. The molecule has 2 aromatic carbocycles. The second kappa shape index (κ2) is 7.21. The molecule has 0 saturated carbocycles. The Morgan fingerprint density at radius 2 is 1.88 bits per heavy atom. The van der Waals surface area contributed by atoms with Crippen LogP contribution in [0.2, 0.25) is 0 Å². The molecule has 0 aliphatic carbocycles. The van der Waals surface area contributed by atoms with E-state index in [0.29, 0.717) is 14.1 Å². The van der Waals surface area contributed by atoms with Crippen molar-refractivity contribution in [3.63, 3.8) is 0 Å². The van der Waals surface area contributed by atoms with E-state index in [0.717, 1.165) is 10.5 Å². The van der Waals surface area contributed by atoms with Crippen LogP contribution in [0.5, 0.6) is 0 Å². The number of benzene rings is 2. The quantitative estimate of drug-likeness (QED) is 0.623. The summed E-state index contributed by atoms with van der Waals surface area (Å²) >= 11 is 7.59. The van der Waals surface area contributed by atoms with Crippen molar-refractivity contribution >= 4 is 58.0 Å². The molecular weight excluding hydrogens is 362 g/mol. The van der Waals surface area contributed by atoms with Gasteiger partial charge in [0, 0.05) is 9.79 Å². The van der Waals surface area contributed by atoms with Gasteiger partial charge in [0.1, 0.15) is 4.32 Å². The lowest BCUT2D eigenvalue weighted by atomic mass is 10.2. The molecule has 3 rings (SSSR count). The van der Waals surface area contributed by atoms with Crippen LogP contribution < -0.4 is 5.32 Å². The number of carboxylic acid groups (broad SMARTS) is 1. The molecule has 7 heteroatoms. The highest BCUT2D eigenvalue weighted by Crippen LogP contribution is 2.31. The molecule has 4 nitrogen and oxygen atoms in total. The van der Waals surface area contributed by atoms with Gasteiger partial charge in [0.15, 0.2) is 0 Å². The lowest BCUT2D eigenvalue weighted by Crippen LogP contribution is -2.17. The summed E-state index contributed by atoms with van der Waals surface area (Å²) in [5, 5.41) is 11.8. The molecule has 0 unspecified atom stereocenters. The van der Waals surface area contributed by atoms with Crippen LogP contribution in [0.3, 0.4) is 0 Å².